The Morgan fingerprint density at radius 2 is 2.31 bits per heavy atom. The lowest BCUT2D eigenvalue weighted by atomic mass is 10.1. The zero-order valence-corrected chi connectivity index (χ0v) is 8.26. The van der Waals surface area contributed by atoms with Crippen LogP contribution in [0.2, 0.25) is 0 Å². The maximum Gasteiger partial charge on any atom is 0.315 e. The second-order valence-corrected chi connectivity index (χ2v) is 4.07. The molecule has 0 bridgehead atoms. The maximum absolute atomic E-state index is 5.52. The third-order valence-corrected chi connectivity index (χ3v) is 2.58. The summed E-state index contributed by atoms with van der Waals surface area (Å²) in [6, 6.07) is 0.476. The van der Waals surface area contributed by atoms with E-state index in [4.69, 9.17) is 16.0 Å². The van der Waals surface area contributed by atoms with Gasteiger partial charge in [0.25, 0.3) is 0 Å². The van der Waals surface area contributed by atoms with E-state index in [9.17, 15) is 0 Å². The topological polar surface area (TPSA) is 51.0 Å². The van der Waals surface area contributed by atoms with Crippen LogP contribution in [0.5, 0.6) is 0 Å². The minimum Gasteiger partial charge on any atom is -0.407 e. The molecule has 0 atom stereocenters. The van der Waals surface area contributed by atoms with Crippen molar-refractivity contribution in [3.63, 3.8) is 0 Å². The molecule has 0 unspecified atom stereocenters. The van der Waals surface area contributed by atoms with Crippen LogP contribution in [-0.4, -0.2) is 16.7 Å². The summed E-state index contributed by atoms with van der Waals surface area (Å²) in [5.74, 6) is 0.733. The van der Waals surface area contributed by atoms with Crippen molar-refractivity contribution >= 4 is 17.6 Å². The van der Waals surface area contributed by atoms with Crippen LogP contribution >= 0.6 is 11.6 Å². The molecular formula is C8H12ClN3O. The zero-order valence-electron chi connectivity index (χ0n) is 7.51. The van der Waals surface area contributed by atoms with Crippen molar-refractivity contribution in [3.05, 3.63) is 5.89 Å². The molecule has 1 fully saturated rings. The molecule has 1 aliphatic carbocycles. The number of alkyl halides is 1. The van der Waals surface area contributed by atoms with Gasteiger partial charge in [0, 0.05) is 6.54 Å². The molecule has 0 aliphatic heterocycles. The first-order valence-corrected chi connectivity index (χ1v) is 4.88. The predicted molar refractivity (Wildman–Crippen MR) is 49.7 cm³/mol. The summed E-state index contributed by atoms with van der Waals surface area (Å²) < 4.78 is 5.19. The van der Waals surface area contributed by atoms with Gasteiger partial charge in [-0.15, -0.1) is 16.7 Å². The lowest BCUT2D eigenvalue weighted by Crippen LogP contribution is -2.11. The van der Waals surface area contributed by atoms with E-state index in [-0.39, 0.29) is 5.88 Å². The molecule has 0 amide bonds. The Balaban J connectivity index is 1.87. The number of nitrogens with zero attached hydrogens (tertiary/aromatic N) is 2. The Morgan fingerprint density at radius 1 is 1.54 bits per heavy atom. The van der Waals surface area contributed by atoms with Gasteiger partial charge in [0.05, 0.1) is 0 Å². The van der Waals surface area contributed by atoms with Crippen molar-refractivity contribution in [3.8, 4) is 0 Å². The van der Waals surface area contributed by atoms with Crippen molar-refractivity contribution in [2.24, 2.45) is 5.41 Å². The van der Waals surface area contributed by atoms with E-state index in [0.29, 0.717) is 17.3 Å². The van der Waals surface area contributed by atoms with Crippen LogP contribution in [0.25, 0.3) is 0 Å². The third kappa shape index (κ3) is 2.12. The quantitative estimate of drug-likeness (QED) is 0.758. The molecular weight excluding hydrogens is 190 g/mol. The Bertz CT molecular complexity index is 295. The van der Waals surface area contributed by atoms with Gasteiger partial charge in [0.1, 0.15) is 5.88 Å². The summed E-state index contributed by atoms with van der Waals surface area (Å²) in [4.78, 5) is 0. The zero-order chi connectivity index (χ0) is 9.31. The number of hydrogen-bond donors (Lipinski definition) is 1. The number of anilines is 1. The highest BCUT2D eigenvalue weighted by atomic mass is 35.5. The van der Waals surface area contributed by atoms with Crippen LogP contribution in [0.15, 0.2) is 4.42 Å². The fourth-order valence-corrected chi connectivity index (χ4v) is 1.17. The van der Waals surface area contributed by atoms with Crippen molar-refractivity contribution in [2.45, 2.75) is 25.6 Å². The van der Waals surface area contributed by atoms with Crippen molar-refractivity contribution < 1.29 is 4.42 Å². The molecule has 72 valence electrons. The van der Waals surface area contributed by atoms with Gasteiger partial charge < -0.3 is 9.73 Å². The van der Waals surface area contributed by atoms with E-state index in [1.54, 1.807) is 0 Å². The van der Waals surface area contributed by atoms with E-state index in [2.05, 4.69) is 22.4 Å². The average molecular weight is 202 g/mol. The van der Waals surface area contributed by atoms with Crippen molar-refractivity contribution in [1.82, 2.24) is 10.2 Å². The number of hydrogen-bond acceptors (Lipinski definition) is 4. The number of rotatable bonds is 4. The van der Waals surface area contributed by atoms with E-state index in [0.717, 1.165) is 6.54 Å². The number of halogens is 1. The second-order valence-electron chi connectivity index (χ2n) is 3.80. The molecule has 1 N–H and O–H groups in total. The molecule has 0 aromatic carbocycles. The lowest BCUT2D eigenvalue weighted by molar-refractivity contribution is 0.513. The van der Waals surface area contributed by atoms with E-state index >= 15 is 0 Å². The van der Waals surface area contributed by atoms with E-state index in [1.165, 1.54) is 12.8 Å². The summed E-state index contributed by atoms with van der Waals surface area (Å²) in [7, 11) is 0. The van der Waals surface area contributed by atoms with Crippen LogP contribution in [0, 0.1) is 5.41 Å². The van der Waals surface area contributed by atoms with Crippen LogP contribution in [-0.2, 0) is 5.88 Å². The van der Waals surface area contributed by atoms with Gasteiger partial charge in [-0.3, -0.25) is 0 Å². The highest BCUT2D eigenvalue weighted by Gasteiger charge is 2.37. The van der Waals surface area contributed by atoms with Crippen LogP contribution < -0.4 is 5.32 Å². The SMILES string of the molecule is CC1(CNc2nnc(CCl)o2)CC1. The van der Waals surface area contributed by atoms with Crippen LogP contribution in [0.4, 0.5) is 6.01 Å². The average Bonchev–Trinajstić information content (AvgIpc) is 2.69. The molecule has 4 nitrogen and oxygen atoms in total. The second kappa shape index (κ2) is 3.18. The molecule has 0 radical (unpaired) electrons. The Kier molecular flexibility index (Phi) is 2.15. The molecule has 1 saturated carbocycles. The summed E-state index contributed by atoms with van der Waals surface area (Å²) >= 11 is 5.52. The largest absolute Gasteiger partial charge is 0.407 e. The minimum absolute atomic E-state index is 0.270. The highest BCUT2D eigenvalue weighted by molar-refractivity contribution is 6.16. The molecule has 1 aliphatic rings. The minimum atomic E-state index is 0.270. The fraction of sp³-hybridized carbons (Fsp3) is 0.750. The summed E-state index contributed by atoms with van der Waals surface area (Å²) in [6.45, 7) is 3.13. The summed E-state index contributed by atoms with van der Waals surface area (Å²) in [5, 5.41) is 10.7. The normalized spacial score (nSPS) is 18.6. The Labute approximate surface area is 81.7 Å². The molecule has 13 heavy (non-hydrogen) atoms. The smallest absolute Gasteiger partial charge is 0.315 e. The van der Waals surface area contributed by atoms with Gasteiger partial charge in [-0.05, 0) is 18.3 Å². The lowest BCUT2D eigenvalue weighted by Gasteiger charge is -2.06. The molecule has 1 aromatic heterocycles. The van der Waals surface area contributed by atoms with E-state index < -0.39 is 0 Å². The Hall–Kier alpha value is -0.770. The van der Waals surface area contributed by atoms with Gasteiger partial charge in [0.2, 0.25) is 5.89 Å². The number of nitrogens with one attached hydrogen (secondary N) is 1. The molecule has 1 heterocycles. The molecule has 5 heteroatoms. The summed E-state index contributed by atoms with van der Waals surface area (Å²) in [6.07, 6.45) is 2.55. The highest BCUT2D eigenvalue weighted by Crippen LogP contribution is 2.44. The van der Waals surface area contributed by atoms with Gasteiger partial charge in [-0.25, -0.2) is 0 Å². The third-order valence-electron chi connectivity index (χ3n) is 2.35. The fourth-order valence-electron chi connectivity index (χ4n) is 1.06. The predicted octanol–water partition coefficient (Wildman–Crippen LogP) is 2.02. The van der Waals surface area contributed by atoms with Gasteiger partial charge in [0.15, 0.2) is 0 Å². The first kappa shape index (κ1) is 8.81. The standard InChI is InChI=1S/C8H12ClN3O/c1-8(2-3-8)5-10-7-12-11-6(4-9)13-7/h2-5H2,1H3,(H,10,12). The summed E-state index contributed by atoms with van der Waals surface area (Å²) in [5.41, 5.74) is 0.440. The maximum atomic E-state index is 5.52. The van der Waals surface area contributed by atoms with Crippen LogP contribution in [0.3, 0.4) is 0 Å². The van der Waals surface area contributed by atoms with Crippen molar-refractivity contribution in [1.29, 1.82) is 0 Å². The first-order valence-electron chi connectivity index (χ1n) is 4.34. The van der Waals surface area contributed by atoms with Gasteiger partial charge in [-0.1, -0.05) is 12.0 Å². The van der Waals surface area contributed by atoms with E-state index in [1.807, 2.05) is 0 Å². The first-order chi connectivity index (χ1) is 6.22. The molecule has 2 rings (SSSR count). The van der Waals surface area contributed by atoms with Crippen molar-refractivity contribution in [2.75, 3.05) is 11.9 Å². The van der Waals surface area contributed by atoms with Crippen LogP contribution in [0.1, 0.15) is 25.7 Å². The van der Waals surface area contributed by atoms with Gasteiger partial charge >= 0.3 is 6.01 Å². The monoisotopic (exact) mass is 201 g/mol. The molecule has 1 aromatic rings. The Morgan fingerprint density at radius 3 is 2.85 bits per heavy atom. The number of aromatic nitrogens is 2. The molecule has 0 spiro atoms. The van der Waals surface area contributed by atoms with Gasteiger partial charge in [-0.2, -0.15) is 0 Å². The molecule has 0 saturated heterocycles.